The van der Waals surface area contributed by atoms with Crippen molar-refractivity contribution in [3.63, 3.8) is 0 Å². The highest BCUT2D eigenvalue weighted by Gasteiger charge is 2.30. The zero-order chi connectivity index (χ0) is 14.1. The van der Waals surface area contributed by atoms with Gasteiger partial charge in [-0.2, -0.15) is 0 Å². The first-order valence-corrected chi connectivity index (χ1v) is 6.71. The van der Waals surface area contributed by atoms with Crippen LogP contribution in [0.25, 0.3) is 0 Å². The van der Waals surface area contributed by atoms with E-state index in [1.165, 1.54) is 6.20 Å². The molecule has 1 amide bonds. The summed E-state index contributed by atoms with van der Waals surface area (Å²) in [5.74, 6) is 0.623. The molecule has 1 aliphatic rings. The van der Waals surface area contributed by atoms with Crippen LogP contribution in [0.15, 0.2) is 42.6 Å². The number of aromatic nitrogens is 1. The van der Waals surface area contributed by atoms with E-state index in [1.807, 2.05) is 31.2 Å². The van der Waals surface area contributed by atoms with Gasteiger partial charge in [0.05, 0.1) is 17.3 Å². The van der Waals surface area contributed by atoms with E-state index in [-0.39, 0.29) is 11.9 Å². The van der Waals surface area contributed by atoms with E-state index in [0.29, 0.717) is 17.3 Å². The smallest absolute Gasteiger partial charge is 0.260 e. The van der Waals surface area contributed by atoms with Crippen molar-refractivity contribution in [2.75, 3.05) is 11.5 Å². The van der Waals surface area contributed by atoms with Crippen LogP contribution >= 0.6 is 11.6 Å². The van der Waals surface area contributed by atoms with Crippen LogP contribution in [0.1, 0.15) is 17.3 Å². The Labute approximate surface area is 122 Å². The Morgan fingerprint density at radius 1 is 1.35 bits per heavy atom. The quantitative estimate of drug-likeness (QED) is 0.757. The summed E-state index contributed by atoms with van der Waals surface area (Å²) < 4.78 is 5.64. The summed E-state index contributed by atoms with van der Waals surface area (Å²) in [4.78, 5) is 18.4. The molecule has 0 radical (unpaired) electrons. The largest absolute Gasteiger partial charge is 0.489 e. The highest BCUT2D eigenvalue weighted by atomic mass is 35.5. The number of benzene rings is 1. The predicted octanol–water partition coefficient (Wildman–Crippen LogP) is 3.16. The lowest BCUT2D eigenvalue weighted by Crippen LogP contribution is -2.45. The second kappa shape index (κ2) is 5.13. The molecule has 20 heavy (non-hydrogen) atoms. The number of hydrogen-bond donors (Lipinski definition) is 0. The average molecular weight is 289 g/mol. The molecule has 0 spiro atoms. The summed E-state index contributed by atoms with van der Waals surface area (Å²) in [7, 11) is 0. The van der Waals surface area contributed by atoms with Crippen LogP contribution in [-0.4, -0.2) is 23.5 Å². The molecule has 1 atom stereocenters. The number of halogens is 1. The van der Waals surface area contributed by atoms with Crippen molar-refractivity contribution in [1.29, 1.82) is 0 Å². The number of carbonyl (C=O) groups excluding carboxylic acids is 1. The number of hydrogen-bond acceptors (Lipinski definition) is 3. The molecule has 3 rings (SSSR count). The summed E-state index contributed by atoms with van der Waals surface area (Å²) in [6.07, 6.45) is 1.50. The van der Waals surface area contributed by atoms with Crippen molar-refractivity contribution in [2.45, 2.75) is 13.0 Å². The lowest BCUT2D eigenvalue weighted by Gasteiger charge is -2.35. The van der Waals surface area contributed by atoms with E-state index in [4.69, 9.17) is 16.3 Å². The Hall–Kier alpha value is -2.07. The molecular weight excluding hydrogens is 276 g/mol. The predicted molar refractivity (Wildman–Crippen MR) is 77.5 cm³/mol. The molecule has 0 unspecified atom stereocenters. The number of ether oxygens (including phenoxy) is 1. The van der Waals surface area contributed by atoms with Crippen LogP contribution in [0, 0.1) is 0 Å². The van der Waals surface area contributed by atoms with E-state index in [2.05, 4.69) is 4.98 Å². The Bertz CT molecular complexity index is 643. The van der Waals surface area contributed by atoms with Crippen molar-refractivity contribution < 1.29 is 9.53 Å². The van der Waals surface area contributed by atoms with Gasteiger partial charge in [-0.15, -0.1) is 0 Å². The van der Waals surface area contributed by atoms with Crippen LogP contribution in [-0.2, 0) is 0 Å². The Kier molecular flexibility index (Phi) is 3.32. The highest BCUT2D eigenvalue weighted by molar-refractivity contribution is 6.29. The number of fused-ring (bicyclic) bond motifs is 1. The van der Waals surface area contributed by atoms with Crippen molar-refractivity contribution in [3.05, 3.63) is 53.3 Å². The topological polar surface area (TPSA) is 42.4 Å². The van der Waals surface area contributed by atoms with Crippen molar-refractivity contribution in [3.8, 4) is 5.75 Å². The molecule has 2 heterocycles. The number of pyridine rings is 1. The monoisotopic (exact) mass is 288 g/mol. The van der Waals surface area contributed by atoms with Gasteiger partial charge in [0.2, 0.25) is 0 Å². The third kappa shape index (κ3) is 2.23. The van der Waals surface area contributed by atoms with E-state index in [0.717, 1.165) is 11.4 Å². The summed E-state index contributed by atoms with van der Waals surface area (Å²) in [5, 5.41) is 0.372. The van der Waals surface area contributed by atoms with Gasteiger partial charge in [-0.05, 0) is 31.2 Å². The first kappa shape index (κ1) is 12.9. The molecule has 0 N–H and O–H groups in total. The molecule has 1 aliphatic heterocycles. The Balaban J connectivity index is 2.00. The number of rotatable bonds is 1. The van der Waals surface area contributed by atoms with Crippen molar-refractivity contribution in [1.82, 2.24) is 4.98 Å². The third-order valence-corrected chi connectivity index (χ3v) is 3.46. The lowest BCUT2D eigenvalue weighted by molar-refractivity contribution is 0.0960. The first-order valence-electron chi connectivity index (χ1n) is 6.34. The van der Waals surface area contributed by atoms with Crippen LogP contribution in [0.4, 0.5) is 5.69 Å². The molecule has 2 aromatic rings. The fourth-order valence-corrected chi connectivity index (χ4v) is 2.36. The summed E-state index contributed by atoms with van der Waals surface area (Å²) >= 11 is 5.76. The molecule has 0 saturated heterocycles. The van der Waals surface area contributed by atoms with Gasteiger partial charge in [0, 0.05) is 6.20 Å². The van der Waals surface area contributed by atoms with E-state index in [9.17, 15) is 4.79 Å². The van der Waals surface area contributed by atoms with Gasteiger partial charge in [-0.1, -0.05) is 23.7 Å². The second-order valence-corrected chi connectivity index (χ2v) is 5.06. The minimum absolute atomic E-state index is 0.0342. The van der Waals surface area contributed by atoms with Gasteiger partial charge in [-0.3, -0.25) is 9.69 Å². The number of nitrogens with zero attached hydrogens (tertiary/aromatic N) is 2. The van der Waals surface area contributed by atoms with E-state index < -0.39 is 0 Å². The standard InChI is InChI=1S/C15H13ClN2O2/c1-10-9-20-13-5-3-2-4-12(13)18(10)15(19)11-6-7-14(16)17-8-11/h2-8,10H,9H2,1H3/t10-/m1/s1. The maximum absolute atomic E-state index is 12.7. The van der Waals surface area contributed by atoms with Gasteiger partial charge < -0.3 is 4.74 Å². The highest BCUT2D eigenvalue weighted by Crippen LogP contribution is 2.34. The van der Waals surface area contributed by atoms with Gasteiger partial charge in [0.15, 0.2) is 0 Å². The SMILES string of the molecule is C[C@@H]1COc2ccccc2N1C(=O)c1ccc(Cl)nc1. The lowest BCUT2D eigenvalue weighted by atomic mass is 10.1. The summed E-state index contributed by atoms with van der Waals surface area (Å²) in [6.45, 7) is 2.43. The molecule has 1 aromatic heterocycles. The van der Waals surface area contributed by atoms with Crippen LogP contribution in [0.3, 0.4) is 0 Å². The molecule has 0 bridgehead atoms. The number of para-hydroxylation sites is 2. The molecule has 0 saturated carbocycles. The van der Waals surface area contributed by atoms with Gasteiger partial charge in [-0.25, -0.2) is 4.98 Å². The van der Waals surface area contributed by atoms with Gasteiger partial charge in [0.1, 0.15) is 17.5 Å². The molecule has 0 aliphatic carbocycles. The average Bonchev–Trinajstić information content (AvgIpc) is 2.47. The zero-order valence-corrected chi connectivity index (χ0v) is 11.7. The first-order chi connectivity index (χ1) is 9.66. The molecule has 5 heteroatoms. The molecule has 102 valence electrons. The Morgan fingerprint density at radius 2 is 2.15 bits per heavy atom. The van der Waals surface area contributed by atoms with Gasteiger partial charge in [0.25, 0.3) is 5.91 Å². The fraction of sp³-hybridized carbons (Fsp3) is 0.200. The van der Waals surface area contributed by atoms with E-state index in [1.54, 1.807) is 17.0 Å². The summed E-state index contributed by atoms with van der Waals surface area (Å²) in [6, 6.07) is 10.8. The van der Waals surface area contributed by atoms with Crippen molar-refractivity contribution in [2.24, 2.45) is 0 Å². The zero-order valence-electron chi connectivity index (χ0n) is 10.9. The molecule has 0 fully saturated rings. The fourth-order valence-electron chi connectivity index (χ4n) is 2.25. The van der Waals surface area contributed by atoms with Gasteiger partial charge >= 0.3 is 0 Å². The van der Waals surface area contributed by atoms with Crippen LogP contribution < -0.4 is 9.64 Å². The third-order valence-electron chi connectivity index (χ3n) is 3.24. The Morgan fingerprint density at radius 3 is 2.90 bits per heavy atom. The minimum atomic E-state index is -0.0996. The number of amides is 1. The minimum Gasteiger partial charge on any atom is -0.489 e. The molecular formula is C15H13ClN2O2. The summed E-state index contributed by atoms with van der Waals surface area (Å²) in [5.41, 5.74) is 1.30. The number of anilines is 1. The van der Waals surface area contributed by atoms with Crippen LogP contribution in [0.2, 0.25) is 5.15 Å². The molecule has 1 aromatic carbocycles. The maximum atomic E-state index is 12.7. The number of carbonyl (C=O) groups is 1. The molecule has 4 nitrogen and oxygen atoms in total. The second-order valence-electron chi connectivity index (χ2n) is 4.67. The van der Waals surface area contributed by atoms with Crippen molar-refractivity contribution >= 4 is 23.2 Å². The maximum Gasteiger partial charge on any atom is 0.260 e. The normalized spacial score (nSPS) is 17.3. The van der Waals surface area contributed by atoms with E-state index >= 15 is 0 Å². The van der Waals surface area contributed by atoms with Crippen LogP contribution in [0.5, 0.6) is 5.75 Å².